The van der Waals surface area contributed by atoms with Crippen LogP contribution >= 0.6 is 0 Å². The first-order valence-electron chi connectivity index (χ1n) is 4.53. The number of ether oxygens (including phenoxy) is 1. The van der Waals surface area contributed by atoms with Crippen LogP contribution in [0.25, 0.3) is 0 Å². The van der Waals surface area contributed by atoms with Crippen LogP contribution in [0.15, 0.2) is 6.33 Å². The molecule has 0 aliphatic carbocycles. The van der Waals surface area contributed by atoms with Gasteiger partial charge in [-0.25, -0.2) is 4.98 Å². The SMILES string of the molecule is NC(=O)c1ncn(COC(CO)CO)c1N. The normalized spacial score (nSPS) is 10.9. The van der Waals surface area contributed by atoms with Crippen molar-refractivity contribution in [2.24, 2.45) is 5.73 Å². The molecule has 0 saturated heterocycles. The van der Waals surface area contributed by atoms with Gasteiger partial charge in [-0.15, -0.1) is 0 Å². The topological polar surface area (TPSA) is 137 Å². The van der Waals surface area contributed by atoms with Gasteiger partial charge in [-0.05, 0) is 0 Å². The fraction of sp³-hybridized carbons (Fsp3) is 0.500. The number of anilines is 1. The van der Waals surface area contributed by atoms with Crippen LogP contribution in [0.2, 0.25) is 0 Å². The Morgan fingerprint density at radius 3 is 2.62 bits per heavy atom. The van der Waals surface area contributed by atoms with E-state index in [1.165, 1.54) is 10.9 Å². The predicted molar refractivity (Wildman–Crippen MR) is 54.2 cm³/mol. The number of nitrogen functional groups attached to an aromatic ring is 1. The zero-order chi connectivity index (χ0) is 12.1. The smallest absolute Gasteiger partial charge is 0.271 e. The standard InChI is InChI=1S/C8H14N4O4/c9-7-6(8(10)15)11-3-12(7)4-16-5(1-13)2-14/h3,5,13-14H,1-2,4,9H2,(H2,10,15). The zero-order valence-corrected chi connectivity index (χ0v) is 8.54. The molecule has 1 rings (SSSR count). The highest BCUT2D eigenvalue weighted by atomic mass is 16.5. The molecule has 1 heterocycles. The Morgan fingerprint density at radius 1 is 1.56 bits per heavy atom. The second-order valence-electron chi connectivity index (χ2n) is 3.10. The second kappa shape index (κ2) is 5.45. The number of carbonyl (C=O) groups is 1. The molecule has 0 atom stereocenters. The third-order valence-corrected chi connectivity index (χ3v) is 1.97. The molecule has 0 aromatic carbocycles. The van der Waals surface area contributed by atoms with E-state index in [1.54, 1.807) is 0 Å². The van der Waals surface area contributed by atoms with E-state index in [1.807, 2.05) is 0 Å². The molecule has 0 unspecified atom stereocenters. The van der Waals surface area contributed by atoms with Crippen molar-refractivity contribution in [3.63, 3.8) is 0 Å². The summed E-state index contributed by atoms with van der Waals surface area (Å²) in [5.74, 6) is -0.640. The summed E-state index contributed by atoms with van der Waals surface area (Å²) < 4.78 is 6.44. The van der Waals surface area contributed by atoms with Gasteiger partial charge in [0.1, 0.15) is 18.7 Å². The van der Waals surface area contributed by atoms with Crippen molar-refractivity contribution in [1.82, 2.24) is 9.55 Å². The molecule has 0 saturated carbocycles. The lowest BCUT2D eigenvalue weighted by atomic mass is 10.4. The second-order valence-corrected chi connectivity index (χ2v) is 3.10. The average Bonchev–Trinajstić information content (AvgIpc) is 2.62. The average molecular weight is 230 g/mol. The maximum Gasteiger partial charge on any atom is 0.271 e. The van der Waals surface area contributed by atoms with Crippen LogP contribution in [0.3, 0.4) is 0 Å². The summed E-state index contributed by atoms with van der Waals surface area (Å²) in [6.45, 7) is -0.653. The van der Waals surface area contributed by atoms with Gasteiger partial charge in [0.2, 0.25) is 0 Å². The molecular weight excluding hydrogens is 216 g/mol. The molecular formula is C8H14N4O4. The maximum absolute atomic E-state index is 10.8. The first-order chi connectivity index (χ1) is 7.60. The number of nitrogens with zero attached hydrogens (tertiary/aromatic N) is 2. The summed E-state index contributed by atoms with van der Waals surface area (Å²) in [5.41, 5.74) is 10.6. The van der Waals surface area contributed by atoms with E-state index in [0.717, 1.165) is 0 Å². The Hall–Kier alpha value is -1.64. The molecule has 8 heteroatoms. The highest BCUT2D eigenvalue weighted by Gasteiger charge is 2.13. The fourth-order valence-electron chi connectivity index (χ4n) is 1.03. The molecule has 1 amide bonds. The van der Waals surface area contributed by atoms with Crippen LogP contribution in [0.4, 0.5) is 5.82 Å². The van der Waals surface area contributed by atoms with Crippen LogP contribution in [-0.2, 0) is 11.5 Å². The number of primary amides is 1. The third-order valence-electron chi connectivity index (χ3n) is 1.97. The van der Waals surface area contributed by atoms with Crippen molar-refractivity contribution in [3.05, 3.63) is 12.0 Å². The summed E-state index contributed by atoms with van der Waals surface area (Å²) in [6.07, 6.45) is 0.597. The number of aliphatic hydroxyl groups excluding tert-OH is 2. The molecule has 6 N–H and O–H groups in total. The number of aromatic nitrogens is 2. The van der Waals surface area contributed by atoms with Gasteiger partial charge in [0.25, 0.3) is 5.91 Å². The molecule has 0 fully saturated rings. The zero-order valence-electron chi connectivity index (χ0n) is 8.54. The van der Waals surface area contributed by atoms with Gasteiger partial charge in [0.15, 0.2) is 5.69 Å². The van der Waals surface area contributed by atoms with E-state index >= 15 is 0 Å². The van der Waals surface area contributed by atoms with Crippen molar-refractivity contribution in [2.75, 3.05) is 18.9 Å². The largest absolute Gasteiger partial charge is 0.394 e. The quantitative estimate of drug-likeness (QED) is 0.441. The van der Waals surface area contributed by atoms with Crippen molar-refractivity contribution >= 4 is 11.7 Å². The molecule has 0 bridgehead atoms. The van der Waals surface area contributed by atoms with E-state index in [4.69, 9.17) is 26.4 Å². The first-order valence-corrected chi connectivity index (χ1v) is 4.53. The highest BCUT2D eigenvalue weighted by Crippen LogP contribution is 2.09. The lowest BCUT2D eigenvalue weighted by molar-refractivity contribution is -0.0492. The van der Waals surface area contributed by atoms with Gasteiger partial charge < -0.3 is 26.4 Å². The van der Waals surface area contributed by atoms with Gasteiger partial charge >= 0.3 is 0 Å². The van der Waals surface area contributed by atoms with Crippen molar-refractivity contribution in [2.45, 2.75) is 12.8 Å². The van der Waals surface area contributed by atoms with E-state index in [9.17, 15) is 4.79 Å². The summed E-state index contributed by atoms with van der Waals surface area (Å²) in [4.78, 5) is 14.5. The molecule has 0 aliphatic heterocycles. The highest BCUT2D eigenvalue weighted by molar-refractivity contribution is 5.95. The van der Waals surface area contributed by atoms with E-state index in [-0.39, 0.29) is 31.5 Å². The Balaban J connectivity index is 2.64. The van der Waals surface area contributed by atoms with Gasteiger partial charge in [-0.1, -0.05) is 0 Å². The van der Waals surface area contributed by atoms with E-state index in [0.29, 0.717) is 0 Å². The summed E-state index contributed by atoms with van der Waals surface area (Å²) in [5, 5.41) is 17.5. The van der Waals surface area contributed by atoms with Gasteiger partial charge in [-0.2, -0.15) is 0 Å². The Labute approximate surface area is 91.4 Å². The number of imidazole rings is 1. The minimum atomic E-state index is -0.725. The summed E-state index contributed by atoms with van der Waals surface area (Å²) >= 11 is 0. The molecule has 16 heavy (non-hydrogen) atoms. The minimum Gasteiger partial charge on any atom is -0.394 e. The molecule has 1 aromatic heterocycles. The molecule has 90 valence electrons. The number of carbonyl (C=O) groups excluding carboxylic acids is 1. The molecule has 8 nitrogen and oxygen atoms in total. The Morgan fingerprint density at radius 2 is 2.19 bits per heavy atom. The lowest BCUT2D eigenvalue weighted by Crippen LogP contribution is -2.23. The molecule has 0 radical (unpaired) electrons. The van der Waals surface area contributed by atoms with Crippen LogP contribution in [-0.4, -0.2) is 45.0 Å². The Kier molecular flexibility index (Phi) is 4.23. The molecule has 0 aliphatic rings. The third kappa shape index (κ3) is 2.69. The number of amides is 1. The predicted octanol–water partition coefficient (Wildman–Crippen LogP) is -2.11. The number of rotatable bonds is 6. The lowest BCUT2D eigenvalue weighted by Gasteiger charge is -2.13. The van der Waals surface area contributed by atoms with Gasteiger partial charge in [0, 0.05) is 0 Å². The monoisotopic (exact) mass is 230 g/mol. The molecule has 1 aromatic rings. The van der Waals surface area contributed by atoms with Crippen LogP contribution in [0.5, 0.6) is 0 Å². The van der Waals surface area contributed by atoms with Gasteiger partial charge in [-0.3, -0.25) is 9.36 Å². The minimum absolute atomic E-state index is 0.0299. The maximum atomic E-state index is 10.8. The fourth-order valence-corrected chi connectivity index (χ4v) is 1.03. The number of aliphatic hydroxyl groups is 2. The Bertz CT molecular complexity index is 361. The van der Waals surface area contributed by atoms with E-state index < -0.39 is 12.0 Å². The van der Waals surface area contributed by atoms with E-state index in [2.05, 4.69) is 4.98 Å². The summed E-state index contributed by atoms with van der Waals surface area (Å²) in [6, 6.07) is 0. The van der Waals surface area contributed by atoms with Crippen LogP contribution in [0, 0.1) is 0 Å². The number of nitrogens with two attached hydrogens (primary N) is 2. The van der Waals surface area contributed by atoms with Crippen molar-refractivity contribution in [1.29, 1.82) is 0 Å². The van der Waals surface area contributed by atoms with Crippen molar-refractivity contribution in [3.8, 4) is 0 Å². The van der Waals surface area contributed by atoms with Gasteiger partial charge in [0.05, 0.1) is 19.5 Å². The summed E-state index contributed by atoms with van der Waals surface area (Å²) in [7, 11) is 0. The number of hydrogen-bond acceptors (Lipinski definition) is 6. The first kappa shape index (κ1) is 12.4. The molecule has 0 spiro atoms. The van der Waals surface area contributed by atoms with Crippen LogP contribution in [0.1, 0.15) is 10.5 Å². The van der Waals surface area contributed by atoms with Crippen LogP contribution < -0.4 is 11.5 Å². The van der Waals surface area contributed by atoms with Crippen molar-refractivity contribution < 1.29 is 19.7 Å². The number of hydrogen-bond donors (Lipinski definition) is 4.